The number of aliphatic hydroxyl groups excluding tert-OH is 1. The Morgan fingerprint density at radius 3 is 2.79 bits per heavy atom. The molecule has 0 amide bonds. The zero-order valence-corrected chi connectivity index (χ0v) is 15.6. The van der Waals surface area contributed by atoms with Gasteiger partial charge in [-0.3, -0.25) is 5.10 Å². The molecule has 150 valence electrons. The highest BCUT2D eigenvalue weighted by atomic mass is 19.1. The van der Waals surface area contributed by atoms with E-state index in [1.165, 1.54) is 0 Å². The molecule has 0 aliphatic rings. The first-order valence-corrected chi connectivity index (χ1v) is 8.85. The third kappa shape index (κ3) is 3.74. The Kier molecular flexibility index (Phi) is 4.85. The van der Waals surface area contributed by atoms with Gasteiger partial charge in [0.25, 0.3) is 0 Å². The molecule has 0 aliphatic carbocycles. The predicted octanol–water partition coefficient (Wildman–Crippen LogP) is 3.22. The van der Waals surface area contributed by atoms with Crippen molar-refractivity contribution >= 4 is 16.9 Å². The van der Waals surface area contributed by atoms with Gasteiger partial charge < -0.3 is 19.7 Å². The zero-order valence-electron chi connectivity index (χ0n) is 15.6. The van der Waals surface area contributed by atoms with E-state index in [0.29, 0.717) is 28.6 Å². The number of rotatable bonds is 6. The van der Waals surface area contributed by atoms with Crippen LogP contribution >= 0.6 is 0 Å². The highest BCUT2D eigenvalue weighted by Crippen LogP contribution is 2.33. The van der Waals surface area contributed by atoms with Crippen molar-refractivity contribution < 1.29 is 18.6 Å². The fraction of sp³-hybridized carbons (Fsp3) is 0.211. The molecule has 0 spiro atoms. The Bertz CT molecular complexity index is 1170. The van der Waals surface area contributed by atoms with Crippen LogP contribution in [0.25, 0.3) is 22.4 Å². The third-order valence-corrected chi connectivity index (χ3v) is 4.25. The fourth-order valence-corrected chi connectivity index (χ4v) is 2.88. The highest BCUT2D eigenvalue weighted by Gasteiger charge is 2.20. The van der Waals surface area contributed by atoms with Crippen molar-refractivity contribution in [3.8, 4) is 23.1 Å². The summed E-state index contributed by atoms with van der Waals surface area (Å²) in [7, 11) is 1.88. The van der Waals surface area contributed by atoms with E-state index >= 15 is 0 Å². The summed E-state index contributed by atoms with van der Waals surface area (Å²) in [5.41, 5.74) is 1.81. The van der Waals surface area contributed by atoms with Crippen molar-refractivity contribution in [2.45, 2.75) is 13.0 Å². The molecule has 4 rings (SSSR count). The number of H-pyrrole nitrogens is 1. The highest BCUT2D eigenvalue weighted by molar-refractivity contribution is 5.98. The number of aromatic nitrogens is 5. The molecule has 0 saturated heterocycles. The zero-order chi connectivity index (χ0) is 20.5. The van der Waals surface area contributed by atoms with Crippen LogP contribution in [0.2, 0.25) is 0 Å². The van der Waals surface area contributed by atoms with Crippen LogP contribution in [0.3, 0.4) is 0 Å². The molecular formula is C19H18F2N6O2. The maximum atomic E-state index is 13.9. The second-order valence-corrected chi connectivity index (χ2v) is 6.56. The quantitative estimate of drug-likeness (QED) is 0.459. The van der Waals surface area contributed by atoms with Gasteiger partial charge in [0.2, 0.25) is 0 Å². The summed E-state index contributed by atoms with van der Waals surface area (Å²) < 4.78 is 34.4. The van der Waals surface area contributed by atoms with E-state index in [1.54, 1.807) is 6.92 Å². The van der Waals surface area contributed by atoms with Gasteiger partial charge in [0.05, 0.1) is 17.2 Å². The van der Waals surface area contributed by atoms with E-state index in [-0.39, 0.29) is 18.3 Å². The summed E-state index contributed by atoms with van der Waals surface area (Å²) in [4.78, 5) is 8.58. The van der Waals surface area contributed by atoms with Crippen LogP contribution in [-0.2, 0) is 7.05 Å². The number of nitrogens with one attached hydrogen (secondary N) is 2. The van der Waals surface area contributed by atoms with Gasteiger partial charge in [0.15, 0.2) is 17.2 Å². The first kappa shape index (κ1) is 18.8. The molecule has 0 aliphatic heterocycles. The molecular weight excluding hydrogens is 382 g/mol. The van der Waals surface area contributed by atoms with Gasteiger partial charge in [-0.15, -0.1) is 0 Å². The molecule has 0 radical (unpaired) electrons. The molecule has 8 nitrogen and oxygen atoms in total. The molecule has 0 bridgehead atoms. The number of halogens is 2. The molecule has 1 aromatic carbocycles. The number of hydrogen-bond donors (Lipinski definition) is 3. The van der Waals surface area contributed by atoms with Crippen LogP contribution < -0.4 is 10.1 Å². The van der Waals surface area contributed by atoms with Crippen LogP contribution in [0.15, 0.2) is 36.5 Å². The summed E-state index contributed by atoms with van der Waals surface area (Å²) in [6.45, 7) is 1.85. The van der Waals surface area contributed by atoms with E-state index in [0.717, 1.165) is 17.8 Å². The molecule has 1 atom stereocenters. The number of aliphatic hydroxyl groups is 1. The Morgan fingerprint density at radius 1 is 1.28 bits per heavy atom. The second-order valence-electron chi connectivity index (χ2n) is 6.56. The van der Waals surface area contributed by atoms with E-state index in [4.69, 9.17) is 4.74 Å². The summed E-state index contributed by atoms with van der Waals surface area (Å²) in [6, 6.07) is 6.57. The largest absolute Gasteiger partial charge is 0.421 e. The van der Waals surface area contributed by atoms with Crippen LogP contribution in [0.5, 0.6) is 11.8 Å². The topological polar surface area (TPSA) is 101 Å². The number of nitrogens with zero attached hydrogens (tertiary/aromatic N) is 4. The lowest BCUT2D eigenvalue weighted by Gasteiger charge is -2.12. The summed E-state index contributed by atoms with van der Waals surface area (Å²) in [5.74, 6) is -1.44. The van der Waals surface area contributed by atoms with Crippen LogP contribution in [-0.4, -0.2) is 42.5 Å². The van der Waals surface area contributed by atoms with Gasteiger partial charge >= 0.3 is 6.01 Å². The average molecular weight is 400 g/mol. The Morgan fingerprint density at radius 2 is 2.10 bits per heavy atom. The molecule has 0 saturated carbocycles. The molecule has 3 heterocycles. The first-order valence-electron chi connectivity index (χ1n) is 8.85. The summed E-state index contributed by atoms with van der Waals surface area (Å²) in [6.07, 6.45) is 1.25. The second kappa shape index (κ2) is 7.47. The van der Waals surface area contributed by atoms with Crippen molar-refractivity contribution in [2.24, 2.45) is 7.05 Å². The summed E-state index contributed by atoms with van der Waals surface area (Å²) in [5, 5.41) is 20.5. The number of fused-ring (bicyclic) bond motifs is 1. The Hall–Kier alpha value is -3.53. The molecule has 29 heavy (non-hydrogen) atoms. The fourth-order valence-electron chi connectivity index (χ4n) is 2.88. The van der Waals surface area contributed by atoms with Gasteiger partial charge in [0.1, 0.15) is 17.3 Å². The van der Waals surface area contributed by atoms with Gasteiger partial charge in [0, 0.05) is 25.9 Å². The van der Waals surface area contributed by atoms with Gasteiger partial charge in [-0.1, -0.05) is 0 Å². The number of aromatic amines is 1. The monoisotopic (exact) mass is 400 g/mol. The number of benzene rings is 1. The maximum absolute atomic E-state index is 13.9. The van der Waals surface area contributed by atoms with Gasteiger partial charge in [-0.05, 0) is 31.2 Å². The van der Waals surface area contributed by atoms with Gasteiger partial charge in [-0.25, -0.2) is 8.78 Å². The molecule has 10 heteroatoms. The minimum Gasteiger partial charge on any atom is -0.421 e. The standard InChI is InChI=1S/C19H18F2N6O2/c1-10(28)9-22-17-15-16(13-4-3-7-27(13)2)25-26-18(15)24-19(23-17)29-14-6-5-11(20)8-12(14)21/h3-8,10,28H,9H2,1-2H3,(H2,22,23,24,25,26)/t10-/m0/s1. The van der Waals surface area contributed by atoms with Crippen molar-refractivity contribution in [3.63, 3.8) is 0 Å². The number of anilines is 1. The predicted molar refractivity (Wildman–Crippen MR) is 103 cm³/mol. The SMILES string of the molecule is C[C@H](O)CNc1nc(Oc2ccc(F)cc2F)nc2[nH]nc(-c3cccn3C)c12. The molecule has 0 fully saturated rings. The normalized spacial score (nSPS) is 12.3. The summed E-state index contributed by atoms with van der Waals surface area (Å²) >= 11 is 0. The van der Waals surface area contributed by atoms with E-state index in [1.807, 2.05) is 29.9 Å². The first-order chi connectivity index (χ1) is 13.9. The van der Waals surface area contributed by atoms with Crippen molar-refractivity contribution in [1.82, 2.24) is 24.7 Å². The minimum atomic E-state index is -0.874. The molecule has 3 aromatic heterocycles. The van der Waals surface area contributed by atoms with Crippen molar-refractivity contribution in [3.05, 3.63) is 48.2 Å². The van der Waals surface area contributed by atoms with Crippen LogP contribution in [0.1, 0.15) is 6.92 Å². The molecule has 3 N–H and O–H groups in total. The average Bonchev–Trinajstić information content (AvgIpc) is 3.27. The van der Waals surface area contributed by atoms with Crippen LogP contribution in [0, 0.1) is 11.6 Å². The maximum Gasteiger partial charge on any atom is 0.326 e. The minimum absolute atomic E-state index is 0.154. The number of hydrogen-bond acceptors (Lipinski definition) is 6. The number of ether oxygens (including phenoxy) is 1. The lowest BCUT2D eigenvalue weighted by molar-refractivity contribution is 0.208. The van der Waals surface area contributed by atoms with Crippen molar-refractivity contribution in [1.29, 1.82) is 0 Å². The third-order valence-electron chi connectivity index (χ3n) is 4.25. The van der Waals surface area contributed by atoms with Crippen LogP contribution in [0.4, 0.5) is 14.6 Å². The Balaban J connectivity index is 1.80. The van der Waals surface area contributed by atoms with Crippen molar-refractivity contribution in [2.75, 3.05) is 11.9 Å². The molecule has 0 unspecified atom stereocenters. The smallest absolute Gasteiger partial charge is 0.326 e. The van der Waals surface area contributed by atoms with E-state index < -0.39 is 17.7 Å². The lowest BCUT2D eigenvalue weighted by atomic mass is 10.2. The van der Waals surface area contributed by atoms with E-state index in [2.05, 4.69) is 25.5 Å². The van der Waals surface area contributed by atoms with Gasteiger partial charge in [-0.2, -0.15) is 15.1 Å². The molecule has 4 aromatic rings. The Labute approximate surface area is 164 Å². The lowest BCUT2D eigenvalue weighted by Crippen LogP contribution is -2.16. The van der Waals surface area contributed by atoms with E-state index in [9.17, 15) is 13.9 Å². The number of aryl methyl sites for hydroxylation is 1.